The maximum Gasteiger partial charge on any atom is 0.244 e. The van der Waals surface area contributed by atoms with Gasteiger partial charge in [0.25, 0.3) is 0 Å². The minimum atomic E-state index is -3.92. The second-order valence-corrected chi connectivity index (χ2v) is 9.89. The highest BCUT2D eigenvalue weighted by Crippen LogP contribution is 2.30. The molecule has 1 aliphatic rings. The second-order valence-electron chi connectivity index (χ2n) is 7.56. The third-order valence-corrected chi connectivity index (χ3v) is 7.65. The Balaban J connectivity index is 1.62. The van der Waals surface area contributed by atoms with Crippen molar-refractivity contribution in [3.63, 3.8) is 0 Å². The predicted molar refractivity (Wildman–Crippen MR) is 123 cm³/mol. The summed E-state index contributed by atoms with van der Waals surface area (Å²) in [6, 6.07) is 20.1. The molecule has 0 saturated carbocycles. The molecule has 166 valence electrons. The number of hydrogen-bond acceptors (Lipinski definition) is 4. The van der Waals surface area contributed by atoms with E-state index < -0.39 is 16.1 Å². The van der Waals surface area contributed by atoms with Gasteiger partial charge in [-0.3, -0.25) is 4.79 Å². The molecule has 1 atom stereocenters. The van der Waals surface area contributed by atoms with Gasteiger partial charge in [0, 0.05) is 18.1 Å². The molecule has 1 heterocycles. The van der Waals surface area contributed by atoms with Crippen molar-refractivity contribution in [1.82, 2.24) is 9.62 Å². The first-order valence-corrected chi connectivity index (χ1v) is 11.9. The highest BCUT2D eigenvalue weighted by atomic mass is 35.5. The number of methoxy groups -OCH3 is 1. The van der Waals surface area contributed by atoms with E-state index in [1.807, 2.05) is 48.5 Å². The van der Waals surface area contributed by atoms with Gasteiger partial charge in [0.1, 0.15) is 11.8 Å². The van der Waals surface area contributed by atoms with Crippen LogP contribution in [-0.2, 0) is 34.3 Å². The molecule has 3 aromatic rings. The number of halogens is 1. The molecular formula is C24H23ClN2O4S. The smallest absolute Gasteiger partial charge is 0.244 e. The number of sulfonamides is 1. The van der Waals surface area contributed by atoms with Gasteiger partial charge in [0.2, 0.25) is 15.9 Å². The number of ether oxygens (including phenoxy) is 1. The van der Waals surface area contributed by atoms with Crippen LogP contribution in [0.3, 0.4) is 0 Å². The van der Waals surface area contributed by atoms with E-state index in [-0.39, 0.29) is 23.9 Å². The molecular weight excluding hydrogens is 448 g/mol. The summed E-state index contributed by atoms with van der Waals surface area (Å²) < 4.78 is 33.4. The van der Waals surface area contributed by atoms with E-state index in [9.17, 15) is 13.2 Å². The molecule has 0 aliphatic carbocycles. The highest BCUT2D eigenvalue weighted by Gasteiger charge is 2.39. The van der Waals surface area contributed by atoms with Gasteiger partial charge in [0.15, 0.2) is 0 Å². The van der Waals surface area contributed by atoms with E-state index in [2.05, 4.69) is 5.32 Å². The molecule has 32 heavy (non-hydrogen) atoms. The first kappa shape index (κ1) is 22.3. The van der Waals surface area contributed by atoms with Crippen LogP contribution >= 0.6 is 11.6 Å². The number of rotatable bonds is 6. The van der Waals surface area contributed by atoms with Crippen molar-refractivity contribution in [2.45, 2.75) is 30.4 Å². The fourth-order valence-corrected chi connectivity index (χ4v) is 5.50. The molecule has 0 fully saturated rings. The molecule has 6 nitrogen and oxygen atoms in total. The number of amides is 1. The van der Waals surface area contributed by atoms with Gasteiger partial charge in [-0.1, -0.05) is 48.0 Å². The number of carbonyl (C=O) groups is 1. The normalized spacial score (nSPS) is 16.2. The molecule has 3 aromatic carbocycles. The van der Waals surface area contributed by atoms with E-state index in [0.29, 0.717) is 17.2 Å². The first-order valence-electron chi connectivity index (χ1n) is 10.1. The zero-order chi connectivity index (χ0) is 22.7. The number of nitrogens with zero attached hydrogens (tertiary/aromatic N) is 1. The van der Waals surface area contributed by atoms with Crippen LogP contribution in [0.2, 0.25) is 5.02 Å². The van der Waals surface area contributed by atoms with Gasteiger partial charge >= 0.3 is 0 Å². The zero-order valence-electron chi connectivity index (χ0n) is 17.5. The molecule has 0 aromatic heterocycles. The second kappa shape index (κ2) is 9.32. The van der Waals surface area contributed by atoms with Gasteiger partial charge in [-0.05, 0) is 59.5 Å². The molecule has 0 radical (unpaired) electrons. The number of benzene rings is 3. The van der Waals surface area contributed by atoms with Crippen LogP contribution in [0, 0.1) is 0 Å². The average molecular weight is 471 g/mol. The van der Waals surface area contributed by atoms with Gasteiger partial charge in [-0.15, -0.1) is 0 Å². The Kier molecular flexibility index (Phi) is 6.50. The van der Waals surface area contributed by atoms with E-state index in [1.165, 1.54) is 28.6 Å². The largest absolute Gasteiger partial charge is 0.497 e. The average Bonchev–Trinajstić information content (AvgIpc) is 2.82. The SMILES string of the molecule is COc1cccc(CNC(=O)[C@@H]2Cc3ccccc3CN2S(=O)(=O)c2ccc(Cl)cc2)c1. The van der Waals surface area contributed by atoms with Crippen LogP contribution < -0.4 is 10.1 Å². The first-order chi connectivity index (χ1) is 15.4. The van der Waals surface area contributed by atoms with E-state index in [4.69, 9.17) is 16.3 Å². The van der Waals surface area contributed by atoms with Crippen LogP contribution in [-0.4, -0.2) is 31.8 Å². The van der Waals surface area contributed by atoms with Crippen molar-refractivity contribution < 1.29 is 17.9 Å². The standard InChI is InChI=1S/C24H23ClN2O4S/c1-31-21-8-4-5-17(13-21)15-26-24(28)23-14-18-6-2-3-7-19(18)16-27(23)32(29,30)22-11-9-20(25)10-12-22/h2-13,23H,14-16H2,1H3,(H,26,28)/t23-/m0/s1. The van der Waals surface area contributed by atoms with Crippen molar-refractivity contribution in [3.8, 4) is 5.75 Å². The molecule has 1 N–H and O–H groups in total. The van der Waals surface area contributed by atoms with E-state index >= 15 is 0 Å². The van der Waals surface area contributed by atoms with Crippen molar-refractivity contribution in [3.05, 3.63) is 94.5 Å². The lowest BCUT2D eigenvalue weighted by atomic mass is 9.95. The van der Waals surface area contributed by atoms with Crippen molar-refractivity contribution in [2.24, 2.45) is 0 Å². The van der Waals surface area contributed by atoms with Crippen LogP contribution in [0.15, 0.2) is 77.7 Å². The summed E-state index contributed by atoms with van der Waals surface area (Å²) in [5, 5.41) is 3.34. The molecule has 0 saturated heterocycles. The van der Waals surface area contributed by atoms with E-state index in [1.54, 1.807) is 7.11 Å². The number of hydrogen-bond donors (Lipinski definition) is 1. The van der Waals surface area contributed by atoms with Gasteiger partial charge in [-0.2, -0.15) is 4.31 Å². The fraction of sp³-hybridized carbons (Fsp3) is 0.208. The number of carbonyl (C=O) groups excluding carboxylic acids is 1. The van der Waals surface area contributed by atoms with Crippen molar-refractivity contribution in [1.29, 1.82) is 0 Å². The predicted octanol–water partition coefficient (Wildman–Crippen LogP) is 3.78. The van der Waals surface area contributed by atoms with Gasteiger partial charge in [-0.25, -0.2) is 8.42 Å². The summed E-state index contributed by atoms with van der Waals surface area (Å²) in [4.78, 5) is 13.3. The number of fused-ring (bicyclic) bond motifs is 1. The summed E-state index contributed by atoms with van der Waals surface area (Å²) in [6.07, 6.45) is 0.299. The third kappa shape index (κ3) is 4.65. The van der Waals surface area contributed by atoms with Crippen LogP contribution in [0.1, 0.15) is 16.7 Å². The quantitative estimate of drug-likeness (QED) is 0.595. The maximum absolute atomic E-state index is 13.5. The summed E-state index contributed by atoms with van der Waals surface area (Å²) in [5.74, 6) is 0.343. The van der Waals surface area contributed by atoms with Crippen LogP contribution in [0.5, 0.6) is 5.75 Å². The zero-order valence-corrected chi connectivity index (χ0v) is 19.1. The minimum Gasteiger partial charge on any atom is -0.497 e. The van der Waals surface area contributed by atoms with Crippen LogP contribution in [0.4, 0.5) is 0 Å². The Morgan fingerprint density at radius 2 is 1.78 bits per heavy atom. The molecule has 0 unspecified atom stereocenters. The Labute approximate surface area is 192 Å². The lowest BCUT2D eigenvalue weighted by Crippen LogP contribution is -2.52. The summed E-state index contributed by atoms with van der Waals surface area (Å²) >= 11 is 5.93. The topological polar surface area (TPSA) is 75.7 Å². The van der Waals surface area contributed by atoms with Gasteiger partial charge < -0.3 is 10.1 Å². The molecule has 0 spiro atoms. The van der Waals surface area contributed by atoms with Gasteiger partial charge in [0.05, 0.1) is 12.0 Å². The van der Waals surface area contributed by atoms with Crippen molar-refractivity contribution in [2.75, 3.05) is 7.11 Å². The molecule has 8 heteroatoms. The molecule has 4 rings (SSSR count). The van der Waals surface area contributed by atoms with Crippen LogP contribution in [0.25, 0.3) is 0 Å². The lowest BCUT2D eigenvalue weighted by molar-refractivity contribution is -0.125. The lowest BCUT2D eigenvalue weighted by Gasteiger charge is -2.35. The summed E-state index contributed by atoms with van der Waals surface area (Å²) in [5.41, 5.74) is 2.72. The monoisotopic (exact) mass is 470 g/mol. The van der Waals surface area contributed by atoms with Crippen molar-refractivity contribution >= 4 is 27.5 Å². The fourth-order valence-electron chi connectivity index (χ4n) is 3.81. The Morgan fingerprint density at radius 3 is 2.50 bits per heavy atom. The number of nitrogens with one attached hydrogen (secondary N) is 1. The summed E-state index contributed by atoms with van der Waals surface area (Å²) in [7, 11) is -2.34. The maximum atomic E-state index is 13.5. The Hall–Kier alpha value is -2.87. The minimum absolute atomic E-state index is 0.104. The molecule has 1 aliphatic heterocycles. The highest BCUT2D eigenvalue weighted by molar-refractivity contribution is 7.89. The third-order valence-electron chi connectivity index (χ3n) is 5.53. The van der Waals surface area contributed by atoms with E-state index in [0.717, 1.165) is 16.7 Å². The Morgan fingerprint density at radius 1 is 1.06 bits per heavy atom. The summed E-state index contributed by atoms with van der Waals surface area (Å²) in [6.45, 7) is 0.390. The molecule has 1 amide bonds. The Bertz CT molecular complexity index is 1230. The molecule has 0 bridgehead atoms.